The Balaban J connectivity index is 1.93. The van der Waals surface area contributed by atoms with Crippen molar-refractivity contribution in [2.45, 2.75) is 38.6 Å². The quantitative estimate of drug-likeness (QED) is 0.563. The first-order valence-corrected chi connectivity index (χ1v) is 8.41. The molecule has 0 spiro atoms. The molecule has 26 heavy (non-hydrogen) atoms. The lowest BCUT2D eigenvalue weighted by atomic mass is 10.0. The van der Waals surface area contributed by atoms with Gasteiger partial charge in [-0.15, -0.1) is 0 Å². The number of carbonyl (C=O) groups excluding carboxylic acids is 4. The van der Waals surface area contributed by atoms with Gasteiger partial charge in [-0.2, -0.15) is 0 Å². The van der Waals surface area contributed by atoms with Gasteiger partial charge in [0.2, 0.25) is 5.91 Å². The SMILES string of the molecule is COC(=O)CNC(=O)CC[C@@H]1NC(=O)N(c2ccc(C(C)C)cc2)C1=O. The molecule has 0 unspecified atom stereocenters. The standard InChI is InChI=1S/C18H23N3O5/c1-11(2)12-4-6-13(7-5-12)21-17(24)14(20-18(21)25)8-9-15(22)19-10-16(23)26-3/h4-7,11,14H,8-10H2,1-3H3,(H,19,22)(H,20,25)/t14-/m0/s1. The Morgan fingerprint density at radius 3 is 2.46 bits per heavy atom. The van der Waals surface area contributed by atoms with E-state index in [1.807, 2.05) is 12.1 Å². The molecule has 1 atom stereocenters. The maximum atomic E-state index is 12.5. The van der Waals surface area contributed by atoms with Crippen LogP contribution in [0.4, 0.5) is 10.5 Å². The maximum Gasteiger partial charge on any atom is 0.329 e. The Kier molecular flexibility index (Phi) is 6.32. The van der Waals surface area contributed by atoms with Crippen LogP contribution in [-0.2, 0) is 19.1 Å². The number of hydrogen-bond donors (Lipinski definition) is 2. The van der Waals surface area contributed by atoms with Crippen LogP contribution in [0.1, 0.15) is 38.2 Å². The maximum absolute atomic E-state index is 12.5. The highest BCUT2D eigenvalue weighted by Crippen LogP contribution is 2.24. The topological polar surface area (TPSA) is 105 Å². The van der Waals surface area contributed by atoms with Gasteiger partial charge in [0.1, 0.15) is 12.6 Å². The van der Waals surface area contributed by atoms with E-state index < -0.39 is 29.9 Å². The summed E-state index contributed by atoms with van der Waals surface area (Å²) in [6.07, 6.45) is 0.159. The van der Waals surface area contributed by atoms with Crippen molar-refractivity contribution in [3.8, 4) is 0 Å². The number of nitrogens with one attached hydrogen (secondary N) is 2. The molecule has 2 rings (SSSR count). The van der Waals surface area contributed by atoms with Crippen LogP contribution in [0.2, 0.25) is 0 Å². The molecule has 0 aliphatic carbocycles. The third kappa shape index (κ3) is 4.59. The number of esters is 1. The van der Waals surface area contributed by atoms with Gasteiger partial charge in [0, 0.05) is 6.42 Å². The summed E-state index contributed by atoms with van der Waals surface area (Å²) in [5, 5.41) is 4.98. The van der Waals surface area contributed by atoms with Crippen LogP contribution >= 0.6 is 0 Å². The summed E-state index contributed by atoms with van der Waals surface area (Å²) >= 11 is 0. The van der Waals surface area contributed by atoms with E-state index in [4.69, 9.17) is 0 Å². The van der Waals surface area contributed by atoms with Gasteiger partial charge in [-0.25, -0.2) is 9.69 Å². The highest BCUT2D eigenvalue weighted by molar-refractivity contribution is 6.21. The zero-order valence-electron chi connectivity index (χ0n) is 15.1. The summed E-state index contributed by atoms with van der Waals surface area (Å²) in [4.78, 5) is 48.4. The smallest absolute Gasteiger partial charge is 0.329 e. The fourth-order valence-electron chi connectivity index (χ4n) is 2.59. The van der Waals surface area contributed by atoms with Crippen molar-refractivity contribution in [1.82, 2.24) is 10.6 Å². The Morgan fingerprint density at radius 1 is 1.23 bits per heavy atom. The molecule has 0 aromatic heterocycles. The van der Waals surface area contributed by atoms with Crippen LogP contribution in [0.3, 0.4) is 0 Å². The predicted molar refractivity (Wildman–Crippen MR) is 94.6 cm³/mol. The van der Waals surface area contributed by atoms with Crippen LogP contribution in [0.5, 0.6) is 0 Å². The van der Waals surface area contributed by atoms with Crippen LogP contribution in [-0.4, -0.2) is 43.5 Å². The number of hydrogen-bond acceptors (Lipinski definition) is 5. The van der Waals surface area contributed by atoms with Crippen molar-refractivity contribution in [3.63, 3.8) is 0 Å². The second-order valence-corrected chi connectivity index (χ2v) is 6.31. The zero-order valence-corrected chi connectivity index (χ0v) is 15.1. The Bertz CT molecular complexity index is 699. The summed E-state index contributed by atoms with van der Waals surface area (Å²) in [5.74, 6) is -0.992. The van der Waals surface area contributed by atoms with Gasteiger partial charge in [-0.05, 0) is 30.0 Å². The number of ether oxygens (including phenoxy) is 1. The molecule has 1 fully saturated rings. The summed E-state index contributed by atoms with van der Waals surface area (Å²) in [5.41, 5.74) is 1.61. The van der Waals surface area contributed by atoms with E-state index in [1.54, 1.807) is 12.1 Å². The minimum Gasteiger partial charge on any atom is -0.468 e. The number of carbonyl (C=O) groups is 4. The molecule has 0 saturated carbocycles. The van der Waals surface area contributed by atoms with Gasteiger partial charge in [-0.1, -0.05) is 26.0 Å². The first kappa shape index (κ1) is 19.4. The lowest BCUT2D eigenvalue weighted by molar-refractivity contribution is -0.141. The van der Waals surface area contributed by atoms with E-state index >= 15 is 0 Å². The van der Waals surface area contributed by atoms with Gasteiger partial charge in [0.05, 0.1) is 12.8 Å². The Labute approximate surface area is 151 Å². The number of amides is 4. The highest BCUT2D eigenvalue weighted by Gasteiger charge is 2.38. The normalized spacial score (nSPS) is 16.6. The number of nitrogens with zero attached hydrogens (tertiary/aromatic N) is 1. The predicted octanol–water partition coefficient (Wildman–Crippen LogP) is 1.30. The van der Waals surface area contributed by atoms with Gasteiger partial charge in [0.15, 0.2) is 0 Å². The van der Waals surface area contributed by atoms with E-state index in [9.17, 15) is 19.2 Å². The summed E-state index contributed by atoms with van der Waals surface area (Å²) in [6, 6.07) is 5.96. The van der Waals surface area contributed by atoms with E-state index in [2.05, 4.69) is 29.2 Å². The van der Waals surface area contributed by atoms with E-state index in [0.29, 0.717) is 11.6 Å². The molecule has 1 aliphatic heterocycles. The van der Waals surface area contributed by atoms with Crippen molar-refractivity contribution < 1.29 is 23.9 Å². The average Bonchev–Trinajstić information content (AvgIpc) is 2.91. The molecular formula is C18H23N3O5. The van der Waals surface area contributed by atoms with E-state index in [-0.39, 0.29) is 19.4 Å². The first-order chi connectivity index (χ1) is 12.3. The number of imide groups is 1. The van der Waals surface area contributed by atoms with Gasteiger partial charge >= 0.3 is 12.0 Å². The van der Waals surface area contributed by atoms with Crippen molar-refractivity contribution in [3.05, 3.63) is 29.8 Å². The third-order valence-corrected chi connectivity index (χ3v) is 4.15. The van der Waals surface area contributed by atoms with Gasteiger partial charge < -0.3 is 15.4 Å². The molecule has 1 aromatic carbocycles. The minimum absolute atomic E-state index is 0.00775. The molecule has 1 aromatic rings. The van der Waals surface area contributed by atoms with Crippen molar-refractivity contribution in [2.75, 3.05) is 18.6 Å². The van der Waals surface area contributed by atoms with Crippen LogP contribution < -0.4 is 15.5 Å². The Hall–Kier alpha value is -2.90. The molecule has 8 heteroatoms. The van der Waals surface area contributed by atoms with Gasteiger partial charge in [-0.3, -0.25) is 14.4 Å². The first-order valence-electron chi connectivity index (χ1n) is 8.41. The largest absolute Gasteiger partial charge is 0.468 e. The molecule has 1 heterocycles. The molecule has 8 nitrogen and oxygen atoms in total. The lowest BCUT2D eigenvalue weighted by Gasteiger charge is -2.14. The fourth-order valence-corrected chi connectivity index (χ4v) is 2.59. The average molecular weight is 361 g/mol. The molecule has 140 valence electrons. The van der Waals surface area contributed by atoms with E-state index in [1.165, 1.54) is 7.11 Å². The van der Waals surface area contributed by atoms with Gasteiger partial charge in [0.25, 0.3) is 5.91 Å². The van der Waals surface area contributed by atoms with Crippen molar-refractivity contribution in [2.24, 2.45) is 0 Å². The molecule has 4 amide bonds. The summed E-state index contributed by atoms with van der Waals surface area (Å²) in [7, 11) is 1.23. The second kappa shape index (κ2) is 8.46. The Morgan fingerprint density at radius 2 is 1.88 bits per heavy atom. The fraction of sp³-hybridized carbons (Fsp3) is 0.444. The molecule has 0 bridgehead atoms. The zero-order chi connectivity index (χ0) is 19.3. The van der Waals surface area contributed by atoms with E-state index in [0.717, 1.165) is 10.5 Å². The molecular weight excluding hydrogens is 338 g/mol. The number of urea groups is 1. The van der Waals surface area contributed by atoms with Crippen LogP contribution in [0.15, 0.2) is 24.3 Å². The summed E-state index contributed by atoms with van der Waals surface area (Å²) < 4.78 is 4.42. The molecule has 0 radical (unpaired) electrons. The van der Waals surface area contributed by atoms with Crippen LogP contribution in [0, 0.1) is 0 Å². The number of anilines is 1. The molecule has 1 saturated heterocycles. The molecule has 1 aliphatic rings. The molecule has 2 N–H and O–H groups in total. The third-order valence-electron chi connectivity index (χ3n) is 4.15. The van der Waals surface area contributed by atoms with Crippen LogP contribution in [0.25, 0.3) is 0 Å². The number of benzene rings is 1. The monoisotopic (exact) mass is 361 g/mol. The van der Waals surface area contributed by atoms with Crippen molar-refractivity contribution in [1.29, 1.82) is 0 Å². The summed E-state index contributed by atoms with van der Waals surface area (Å²) in [6.45, 7) is 3.89. The highest BCUT2D eigenvalue weighted by atomic mass is 16.5. The lowest BCUT2D eigenvalue weighted by Crippen LogP contribution is -2.34. The number of rotatable bonds is 7. The number of methoxy groups -OCH3 is 1. The minimum atomic E-state index is -0.767. The van der Waals surface area contributed by atoms with Crippen molar-refractivity contribution >= 4 is 29.5 Å². The second-order valence-electron chi connectivity index (χ2n) is 6.31.